The molecule has 0 amide bonds. The minimum Gasteiger partial charge on any atom is -0.312 e. The van der Waals surface area contributed by atoms with Crippen LogP contribution in [0.2, 0.25) is 0 Å². The number of piperidine rings is 1. The molecular weight excluding hydrogens is 236 g/mol. The summed E-state index contributed by atoms with van der Waals surface area (Å²) in [5.41, 5.74) is 0. The van der Waals surface area contributed by atoms with Crippen LogP contribution in [-0.2, 0) is 0 Å². The molecule has 4 heteroatoms. The summed E-state index contributed by atoms with van der Waals surface area (Å²) in [5, 5.41) is 4.73. The second-order valence-corrected chi connectivity index (χ2v) is 7.78. The molecule has 3 aliphatic rings. The van der Waals surface area contributed by atoms with E-state index in [0.717, 1.165) is 17.2 Å². The Kier molecular flexibility index (Phi) is 4.03. The van der Waals surface area contributed by atoms with Gasteiger partial charge < -0.3 is 10.2 Å². The fourth-order valence-electron chi connectivity index (χ4n) is 3.16. The Hall–Kier alpha value is 0.620. The lowest BCUT2D eigenvalue weighted by atomic mass is 9.94. The highest BCUT2D eigenvalue weighted by Gasteiger charge is 2.34. The zero-order chi connectivity index (χ0) is 10.8. The summed E-state index contributed by atoms with van der Waals surface area (Å²) < 4.78 is 0. The van der Waals surface area contributed by atoms with Gasteiger partial charge in [0.05, 0.1) is 0 Å². The van der Waals surface area contributed by atoms with Gasteiger partial charge >= 0.3 is 0 Å². The number of nitrogens with one attached hydrogen (secondary N) is 1. The molecule has 4 atom stereocenters. The Morgan fingerprint density at radius 3 is 3.00 bits per heavy atom. The van der Waals surface area contributed by atoms with Gasteiger partial charge in [0.25, 0.3) is 0 Å². The molecule has 3 fully saturated rings. The molecule has 0 aromatic rings. The third kappa shape index (κ3) is 2.71. The van der Waals surface area contributed by atoms with E-state index in [0.29, 0.717) is 0 Å². The van der Waals surface area contributed by atoms with E-state index in [-0.39, 0.29) is 0 Å². The number of thioether (sulfide) groups is 2. The van der Waals surface area contributed by atoms with Crippen LogP contribution in [-0.4, -0.2) is 59.6 Å². The van der Waals surface area contributed by atoms with Crippen LogP contribution in [0.4, 0.5) is 0 Å². The molecule has 3 heterocycles. The van der Waals surface area contributed by atoms with Crippen LogP contribution >= 0.6 is 23.5 Å². The summed E-state index contributed by atoms with van der Waals surface area (Å²) in [6, 6.07) is 0.825. The Morgan fingerprint density at radius 2 is 2.12 bits per heavy atom. The van der Waals surface area contributed by atoms with Crippen molar-refractivity contribution in [2.24, 2.45) is 5.92 Å². The van der Waals surface area contributed by atoms with Crippen molar-refractivity contribution in [2.75, 3.05) is 43.4 Å². The van der Waals surface area contributed by atoms with Crippen LogP contribution < -0.4 is 5.32 Å². The maximum Gasteiger partial charge on any atom is 0.0263 e. The maximum atomic E-state index is 3.86. The molecular formula is C12H22N2S2. The molecule has 0 saturated carbocycles. The topological polar surface area (TPSA) is 15.3 Å². The van der Waals surface area contributed by atoms with Gasteiger partial charge in [-0.1, -0.05) is 0 Å². The average Bonchev–Trinajstić information content (AvgIpc) is 2.72. The van der Waals surface area contributed by atoms with Crippen molar-refractivity contribution in [1.82, 2.24) is 10.2 Å². The molecule has 3 aliphatic heterocycles. The van der Waals surface area contributed by atoms with Gasteiger partial charge in [-0.25, -0.2) is 0 Å². The summed E-state index contributed by atoms with van der Waals surface area (Å²) in [6.07, 6.45) is 2.82. The molecule has 2 nitrogen and oxygen atoms in total. The summed E-state index contributed by atoms with van der Waals surface area (Å²) >= 11 is 4.31. The van der Waals surface area contributed by atoms with E-state index in [2.05, 4.69) is 33.7 Å². The summed E-state index contributed by atoms with van der Waals surface area (Å²) in [6.45, 7) is 5.31. The molecule has 2 bridgehead atoms. The van der Waals surface area contributed by atoms with Crippen molar-refractivity contribution in [3.05, 3.63) is 0 Å². The van der Waals surface area contributed by atoms with Gasteiger partial charge in [-0.2, -0.15) is 23.5 Å². The first-order chi connectivity index (χ1) is 7.92. The van der Waals surface area contributed by atoms with E-state index in [1.165, 1.54) is 56.3 Å². The van der Waals surface area contributed by atoms with Crippen LogP contribution in [0.5, 0.6) is 0 Å². The van der Waals surface area contributed by atoms with E-state index in [1.807, 2.05) is 0 Å². The van der Waals surface area contributed by atoms with Crippen LogP contribution in [0.25, 0.3) is 0 Å². The number of rotatable bonds is 3. The lowest BCUT2D eigenvalue weighted by Crippen LogP contribution is -2.46. The fraction of sp³-hybridized carbons (Fsp3) is 1.00. The van der Waals surface area contributed by atoms with Gasteiger partial charge in [0.1, 0.15) is 0 Å². The summed E-state index contributed by atoms with van der Waals surface area (Å²) in [7, 11) is 0. The van der Waals surface area contributed by atoms with Crippen molar-refractivity contribution in [3.63, 3.8) is 0 Å². The van der Waals surface area contributed by atoms with Crippen LogP contribution in [0.3, 0.4) is 0 Å². The molecule has 16 heavy (non-hydrogen) atoms. The quantitative estimate of drug-likeness (QED) is 0.825. The predicted octanol–water partition coefficient (Wildman–Crippen LogP) is 1.52. The number of hydrogen-bond donors (Lipinski definition) is 1. The summed E-state index contributed by atoms with van der Waals surface area (Å²) in [5.74, 6) is 5.04. The molecule has 0 radical (unpaired) electrons. The normalized spacial score (nSPS) is 43.5. The van der Waals surface area contributed by atoms with Crippen molar-refractivity contribution >= 4 is 23.5 Å². The van der Waals surface area contributed by atoms with E-state index >= 15 is 0 Å². The number of nitrogens with zero attached hydrogens (tertiary/aromatic N) is 1. The molecule has 3 rings (SSSR count). The standard InChI is InChI=1S/C12H22N2S2/c1-3-14-4-2-12(10(1)8-14)13-7-11-9-15-5-6-16-11/h10-13H,1-9H2. The highest BCUT2D eigenvalue weighted by atomic mass is 32.2. The molecule has 92 valence electrons. The first-order valence-corrected chi connectivity index (χ1v) is 8.77. The van der Waals surface area contributed by atoms with Gasteiger partial charge in [0.15, 0.2) is 0 Å². The molecule has 4 unspecified atom stereocenters. The molecule has 0 aromatic carbocycles. The monoisotopic (exact) mass is 258 g/mol. The van der Waals surface area contributed by atoms with Crippen molar-refractivity contribution in [2.45, 2.75) is 24.1 Å². The van der Waals surface area contributed by atoms with Crippen molar-refractivity contribution < 1.29 is 0 Å². The largest absolute Gasteiger partial charge is 0.312 e. The first kappa shape index (κ1) is 11.7. The van der Waals surface area contributed by atoms with Gasteiger partial charge in [0.2, 0.25) is 0 Å². The Balaban J connectivity index is 1.43. The van der Waals surface area contributed by atoms with E-state index < -0.39 is 0 Å². The molecule has 0 spiro atoms. The van der Waals surface area contributed by atoms with Crippen molar-refractivity contribution in [3.8, 4) is 0 Å². The molecule has 1 N–H and O–H groups in total. The highest BCUT2D eigenvalue weighted by molar-refractivity contribution is 8.06. The Bertz CT molecular complexity index is 231. The Labute approximate surface area is 107 Å². The Morgan fingerprint density at radius 1 is 1.19 bits per heavy atom. The second-order valence-electron chi connectivity index (χ2n) is 5.22. The lowest BCUT2D eigenvalue weighted by molar-refractivity contribution is 0.222. The van der Waals surface area contributed by atoms with E-state index in [9.17, 15) is 0 Å². The van der Waals surface area contributed by atoms with Gasteiger partial charge in [-0.3, -0.25) is 0 Å². The fourth-order valence-corrected chi connectivity index (χ4v) is 5.78. The highest BCUT2D eigenvalue weighted by Crippen LogP contribution is 2.28. The van der Waals surface area contributed by atoms with E-state index in [1.54, 1.807) is 0 Å². The van der Waals surface area contributed by atoms with Crippen LogP contribution in [0, 0.1) is 5.92 Å². The van der Waals surface area contributed by atoms with E-state index in [4.69, 9.17) is 0 Å². The zero-order valence-electron chi connectivity index (χ0n) is 9.86. The lowest BCUT2D eigenvalue weighted by Gasteiger charge is -2.32. The third-order valence-corrected chi connectivity index (χ3v) is 6.97. The molecule has 0 aromatic heterocycles. The minimum atomic E-state index is 0.825. The maximum absolute atomic E-state index is 3.86. The van der Waals surface area contributed by atoms with Gasteiger partial charge in [-0.05, 0) is 31.8 Å². The average molecular weight is 258 g/mol. The van der Waals surface area contributed by atoms with Crippen molar-refractivity contribution in [1.29, 1.82) is 0 Å². The van der Waals surface area contributed by atoms with Gasteiger partial charge in [-0.15, -0.1) is 0 Å². The summed E-state index contributed by atoms with van der Waals surface area (Å²) in [4.78, 5) is 2.63. The van der Waals surface area contributed by atoms with Gasteiger partial charge in [0, 0.05) is 41.6 Å². The third-order valence-electron chi connectivity index (χ3n) is 4.13. The smallest absolute Gasteiger partial charge is 0.0263 e. The zero-order valence-corrected chi connectivity index (χ0v) is 11.5. The number of hydrogen-bond acceptors (Lipinski definition) is 4. The van der Waals surface area contributed by atoms with Crippen LogP contribution in [0.15, 0.2) is 0 Å². The molecule has 3 saturated heterocycles. The van der Waals surface area contributed by atoms with Crippen LogP contribution in [0.1, 0.15) is 12.8 Å². The second kappa shape index (κ2) is 5.51. The molecule has 0 aliphatic carbocycles. The first-order valence-electron chi connectivity index (χ1n) is 6.57. The predicted molar refractivity (Wildman–Crippen MR) is 74.5 cm³/mol. The number of fused-ring (bicyclic) bond motifs is 2. The minimum absolute atomic E-state index is 0.825. The SMILES string of the molecule is C1CSC(CNC2CCN3CCC2C3)CS1.